The predicted molar refractivity (Wildman–Crippen MR) is 85.3 cm³/mol. The Kier molecular flexibility index (Phi) is 4.80. The van der Waals surface area contributed by atoms with Gasteiger partial charge in [-0.1, -0.05) is 31.0 Å². The highest BCUT2D eigenvalue weighted by Gasteiger charge is 2.20. The van der Waals surface area contributed by atoms with Gasteiger partial charge in [0.25, 0.3) is 0 Å². The van der Waals surface area contributed by atoms with Crippen LogP contribution >= 0.6 is 11.3 Å². The number of rotatable bonds is 5. The monoisotopic (exact) mass is 323 g/mol. The average molecular weight is 323 g/mol. The van der Waals surface area contributed by atoms with Gasteiger partial charge in [0.15, 0.2) is 0 Å². The highest BCUT2D eigenvalue weighted by molar-refractivity contribution is 7.83. The molecule has 1 atom stereocenters. The molecular weight excluding hydrogens is 305 g/mol. The fourth-order valence-electron chi connectivity index (χ4n) is 2.75. The number of hydrogen-bond acceptors (Lipinski definition) is 3. The number of hydrogen-bond donors (Lipinski definition) is 0. The molecule has 0 saturated heterocycles. The third-order valence-electron chi connectivity index (χ3n) is 3.86. The molecule has 0 aliphatic heterocycles. The van der Waals surface area contributed by atoms with Gasteiger partial charge < -0.3 is 0 Å². The molecule has 2 nitrogen and oxygen atoms in total. The lowest BCUT2D eigenvalue weighted by molar-refractivity contribution is 0.615. The van der Waals surface area contributed by atoms with Gasteiger partial charge in [-0.15, -0.1) is 11.3 Å². The summed E-state index contributed by atoms with van der Waals surface area (Å²) in [6.45, 7) is 0. The minimum atomic E-state index is -1.12. The van der Waals surface area contributed by atoms with E-state index in [1.54, 1.807) is 29.5 Å². The minimum Gasteiger partial charge on any atom is -0.259 e. The summed E-state index contributed by atoms with van der Waals surface area (Å²) in [5.74, 6) is 0.986. The predicted octanol–water partition coefficient (Wildman–Crippen LogP) is 4.39. The van der Waals surface area contributed by atoms with E-state index in [2.05, 4.69) is 4.98 Å². The van der Waals surface area contributed by atoms with Crippen molar-refractivity contribution in [2.45, 2.75) is 43.1 Å². The van der Waals surface area contributed by atoms with Crippen molar-refractivity contribution in [3.63, 3.8) is 0 Å². The quantitative estimate of drug-likeness (QED) is 0.817. The molecule has 2 aromatic rings. The van der Waals surface area contributed by atoms with Crippen molar-refractivity contribution in [3.8, 4) is 0 Å². The lowest BCUT2D eigenvalue weighted by Crippen LogP contribution is -2.02. The summed E-state index contributed by atoms with van der Waals surface area (Å²) in [6.07, 6.45) is 5.04. The van der Waals surface area contributed by atoms with Crippen LogP contribution in [0.2, 0.25) is 0 Å². The third kappa shape index (κ3) is 3.77. The van der Waals surface area contributed by atoms with Crippen molar-refractivity contribution in [1.29, 1.82) is 0 Å². The molecule has 0 bridgehead atoms. The summed E-state index contributed by atoms with van der Waals surface area (Å²) < 4.78 is 25.7. The van der Waals surface area contributed by atoms with Crippen molar-refractivity contribution >= 4 is 22.1 Å². The number of thiazole rings is 1. The van der Waals surface area contributed by atoms with E-state index in [0.717, 1.165) is 5.69 Å². The molecule has 0 unspecified atom stereocenters. The Hall–Kier alpha value is -1.07. The molecule has 1 aliphatic rings. The zero-order chi connectivity index (χ0) is 14.7. The van der Waals surface area contributed by atoms with Crippen LogP contribution in [0.1, 0.15) is 47.9 Å². The standard InChI is InChI=1S/C16H18FNOS2/c17-15-8-4-3-7-13(15)10-21(19)11-14-9-20-16(18-14)12-5-1-2-6-12/h3-4,7-9,12H,1-2,5-6,10-11H2/t21-/m0/s1. The molecule has 1 aromatic heterocycles. The van der Waals surface area contributed by atoms with Crippen molar-refractivity contribution in [3.05, 3.63) is 51.7 Å². The second-order valence-corrected chi connectivity index (χ2v) is 7.83. The number of nitrogens with zero attached hydrogens (tertiary/aromatic N) is 1. The van der Waals surface area contributed by atoms with Crippen molar-refractivity contribution in [2.24, 2.45) is 0 Å². The molecule has 1 aliphatic carbocycles. The molecule has 5 heteroatoms. The van der Waals surface area contributed by atoms with Crippen molar-refractivity contribution in [1.82, 2.24) is 4.98 Å². The number of benzene rings is 1. The van der Waals surface area contributed by atoms with Gasteiger partial charge in [0.2, 0.25) is 0 Å². The minimum absolute atomic E-state index is 0.253. The van der Waals surface area contributed by atoms with Crippen LogP contribution in [-0.2, 0) is 22.3 Å². The van der Waals surface area contributed by atoms with E-state index in [4.69, 9.17) is 0 Å². The highest BCUT2D eigenvalue weighted by atomic mass is 32.2. The summed E-state index contributed by atoms with van der Waals surface area (Å²) in [6, 6.07) is 6.53. The molecule has 0 spiro atoms. The van der Waals surface area contributed by atoms with Crippen LogP contribution < -0.4 is 0 Å². The van der Waals surface area contributed by atoms with Gasteiger partial charge in [-0.25, -0.2) is 9.37 Å². The van der Waals surface area contributed by atoms with Crippen LogP contribution in [0.4, 0.5) is 4.39 Å². The molecule has 21 heavy (non-hydrogen) atoms. The van der Waals surface area contributed by atoms with E-state index >= 15 is 0 Å². The SMILES string of the molecule is O=[S@](Cc1csc(C2CCCC2)n1)Cc1ccccc1F. The van der Waals surface area contributed by atoms with Gasteiger partial charge in [0.1, 0.15) is 5.82 Å². The lowest BCUT2D eigenvalue weighted by Gasteiger charge is -2.04. The smallest absolute Gasteiger partial charge is 0.127 e. The van der Waals surface area contributed by atoms with E-state index in [9.17, 15) is 8.60 Å². The van der Waals surface area contributed by atoms with E-state index in [-0.39, 0.29) is 11.6 Å². The molecule has 1 fully saturated rings. The fraction of sp³-hybridized carbons (Fsp3) is 0.438. The highest BCUT2D eigenvalue weighted by Crippen LogP contribution is 2.35. The molecular formula is C16H18FNOS2. The normalized spacial score (nSPS) is 17.2. The van der Waals surface area contributed by atoms with E-state index in [0.29, 0.717) is 17.2 Å². The molecule has 3 rings (SSSR count). The molecule has 112 valence electrons. The first-order valence-corrected chi connectivity index (χ1v) is 9.62. The van der Waals surface area contributed by atoms with Crippen LogP contribution in [0.15, 0.2) is 29.6 Å². The third-order valence-corrected chi connectivity index (χ3v) is 6.16. The largest absolute Gasteiger partial charge is 0.259 e. The van der Waals surface area contributed by atoms with Crippen molar-refractivity contribution < 1.29 is 8.60 Å². The Labute approximate surface area is 130 Å². The Morgan fingerprint density at radius 1 is 1.24 bits per heavy atom. The Morgan fingerprint density at radius 2 is 2.00 bits per heavy atom. The number of halogens is 1. The van der Waals surface area contributed by atoms with Gasteiger partial charge in [0, 0.05) is 27.7 Å². The van der Waals surface area contributed by atoms with Gasteiger partial charge in [-0.05, 0) is 18.9 Å². The molecule has 0 amide bonds. The summed E-state index contributed by atoms with van der Waals surface area (Å²) in [7, 11) is -1.12. The molecule has 0 N–H and O–H groups in total. The van der Waals surface area contributed by atoms with E-state index in [1.165, 1.54) is 36.8 Å². The van der Waals surface area contributed by atoms with Crippen LogP contribution in [0.5, 0.6) is 0 Å². The van der Waals surface area contributed by atoms with Crippen LogP contribution in [0, 0.1) is 5.82 Å². The molecule has 1 saturated carbocycles. The second-order valence-electron chi connectivity index (χ2n) is 5.48. The summed E-state index contributed by atoms with van der Waals surface area (Å²) in [4.78, 5) is 4.63. The Bertz CT molecular complexity index is 635. The maximum absolute atomic E-state index is 13.5. The molecule has 0 radical (unpaired) electrons. The van der Waals surface area contributed by atoms with Crippen LogP contribution in [-0.4, -0.2) is 9.19 Å². The lowest BCUT2D eigenvalue weighted by atomic mass is 10.1. The van der Waals surface area contributed by atoms with Crippen LogP contribution in [0.25, 0.3) is 0 Å². The fourth-order valence-corrected chi connectivity index (χ4v) is 5.01. The van der Waals surface area contributed by atoms with Gasteiger partial charge in [-0.3, -0.25) is 4.21 Å². The first-order chi connectivity index (χ1) is 10.2. The summed E-state index contributed by atoms with van der Waals surface area (Å²) in [5, 5.41) is 3.19. The van der Waals surface area contributed by atoms with Crippen LogP contribution in [0.3, 0.4) is 0 Å². The summed E-state index contributed by atoms with van der Waals surface area (Å²) >= 11 is 1.68. The van der Waals surface area contributed by atoms with E-state index in [1.807, 2.05) is 5.38 Å². The van der Waals surface area contributed by atoms with Gasteiger partial charge in [0.05, 0.1) is 22.2 Å². The zero-order valence-electron chi connectivity index (χ0n) is 11.8. The van der Waals surface area contributed by atoms with Crippen molar-refractivity contribution in [2.75, 3.05) is 0 Å². The maximum Gasteiger partial charge on any atom is 0.127 e. The van der Waals surface area contributed by atoms with E-state index < -0.39 is 10.8 Å². The molecule has 1 aromatic carbocycles. The average Bonchev–Trinajstić information content (AvgIpc) is 3.12. The first kappa shape index (κ1) is 14.9. The molecule has 1 heterocycles. The Morgan fingerprint density at radius 3 is 2.76 bits per heavy atom. The first-order valence-electron chi connectivity index (χ1n) is 7.25. The second kappa shape index (κ2) is 6.79. The topological polar surface area (TPSA) is 30.0 Å². The van der Waals surface area contributed by atoms with Gasteiger partial charge in [-0.2, -0.15) is 0 Å². The Balaban J connectivity index is 1.61. The maximum atomic E-state index is 13.5. The number of aromatic nitrogens is 1. The van der Waals surface area contributed by atoms with Gasteiger partial charge >= 0.3 is 0 Å². The summed E-state index contributed by atoms with van der Waals surface area (Å²) in [5.41, 5.74) is 1.40. The zero-order valence-corrected chi connectivity index (χ0v) is 13.4.